The van der Waals surface area contributed by atoms with Crippen LogP contribution in [-0.2, 0) is 4.79 Å². The van der Waals surface area contributed by atoms with E-state index in [1.807, 2.05) is 0 Å². The maximum atomic E-state index is 13.1. The maximum Gasteiger partial charge on any atom is 0.328 e. The number of carbonyl (C=O) groups excluding carboxylic acids is 1. The fraction of sp³-hybridized carbons (Fsp3) is 0.154. The lowest BCUT2D eigenvalue weighted by Gasteiger charge is -2.11. The molecule has 104 valence electrons. The molecule has 0 saturated heterocycles. The molecule has 7 heteroatoms. The second-order valence-corrected chi connectivity index (χ2v) is 4.08. The van der Waals surface area contributed by atoms with Crippen LogP contribution >= 0.6 is 0 Å². The van der Waals surface area contributed by atoms with Crippen molar-refractivity contribution in [3.8, 4) is 0 Å². The van der Waals surface area contributed by atoms with Crippen LogP contribution in [0.4, 0.5) is 4.39 Å². The molecule has 1 atom stereocenters. The van der Waals surface area contributed by atoms with Crippen LogP contribution in [0.15, 0.2) is 30.3 Å². The van der Waals surface area contributed by atoms with Gasteiger partial charge in [0.1, 0.15) is 11.5 Å². The third-order valence-corrected chi connectivity index (χ3v) is 2.67. The first-order valence-corrected chi connectivity index (χ1v) is 5.72. The molecule has 2 rings (SSSR count). The Morgan fingerprint density at radius 3 is 2.65 bits per heavy atom. The smallest absolute Gasteiger partial charge is 0.328 e. The molecule has 0 radical (unpaired) electrons. The minimum Gasteiger partial charge on any atom is -0.480 e. The van der Waals surface area contributed by atoms with Crippen LogP contribution < -0.4 is 5.32 Å². The summed E-state index contributed by atoms with van der Waals surface area (Å²) in [4.78, 5) is 26.5. The normalized spacial score (nSPS) is 12.1. The number of hydrogen-bond donors (Lipinski definition) is 3. The maximum absolute atomic E-state index is 13.1. The number of fused-ring (bicyclic) bond motifs is 1. The number of nitrogens with zero attached hydrogens (tertiary/aromatic N) is 1. The van der Waals surface area contributed by atoms with Gasteiger partial charge in [-0.05, 0) is 18.2 Å². The first-order valence-electron chi connectivity index (χ1n) is 5.72. The predicted octanol–water partition coefficient (Wildman–Crippen LogP) is 0.549. The topological polar surface area (TPSA) is 99.5 Å². The zero-order valence-electron chi connectivity index (χ0n) is 10.2. The third-order valence-electron chi connectivity index (χ3n) is 2.67. The van der Waals surface area contributed by atoms with Crippen molar-refractivity contribution in [1.29, 1.82) is 0 Å². The highest BCUT2D eigenvalue weighted by molar-refractivity contribution is 5.96. The highest BCUT2D eigenvalue weighted by Gasteiger charge is 2.20. The quantitative estimate of drug-likeness (QED) is 0.758. The summed E-state index contributed by atoms with van der Waals surface area (Å²) in [5.74, 6) is -2.59. The molecule has 0 fully saturated rings. The van der Waals surface area contributed by atoms with E-state index in [4.69, 9.17) is 10.2 Å². The van der Waals surface area contributed by atoms with Crippen molar-refractivity contribution >= 4 is 22.8 Å². The van der Waals surface area contributed by atoms with E-state index >= 15 is 0 Å². The van der Waals surface area contributed by atoms with E-state index in [2.05, 4.69) is 10.3 Å². The fourth-order valence-electron chi connectivity index (χ4n) is 1.63. The standard InChI is InChI=1S/C13H11FN2O4/c14-8-3-1-7-2-4-9(15-10(7)5-8)12(18)16-11(6-17)13(19)20/h1-5,11,17H,6H2,(H,16,18)(H,19,20). The first kappa shape index (κ1) is 13.9. The van der Waals surface area contributed by atoms with Crippen molar-refractivity contribution in [2.75, 3.05) is 6.61 Å². The van der Waals surface area contributed by atoms with Crippen molar-refractivity contribution in [3.05, 3.63) is 41.8 Å². The molecular formula is C13H11FN2O4. The number of halogens is 1. The van der Waals surface area contributed by atoms with E-state index in [9.17, 15) is 14.0 Å². The molecule has 0 saturated carbocycles. The Bertz CT molecular complexity index is 674. The van der Waals surface area contributed by atoms with Gasteiger partial charge in [0.2, 0.25) is 0 Å². The Kier molecular flexibility index (Phi) is 3.90. The molecule has 0 aliphatic rings. The predicted molar refractivity (Wildman–Crippen MR) is 67.7 cm³/mol. The molecule has 1 aromatic heterocycles. The molecule has 0 aliphatic heterocycles. The SMILES string of the molecule is O=C(NC(CO)C(=O)O)c1ccc2ccc(F)cc2n1. The molecule has 6 nitrogen and oxygen atoms in total. The number of nitrogens with one attached hydrogen (secondary N) is 1. The van der Waals surface area contributed by atoms with Gasteiger partial charge in [-0.3, -0.25) is 4.79 Å². The molecule has 3 N–H and O–H groups in total. The fourth-order valence-corrected chi connectivity index (χ4v) is 1.63. The molecule has 0 bridgehead atoms. The minimum absolute atomic E-state index is 0.0530. The Labute approximate surface area is 112 Å². The molecule has 2 aromatic rings. The highest BCUT2D eigenvalue weighted by atomic mass is 19.1. The summed E-state index contributed by atoms with van der Waals surface area (Å²) in [7, 11) is 0. The van der Waals surface area contributed by atoms with Crippen LogP contribution in [-0.4, -0.2) is 39.7 Å². The number of carboxylic acid groups (broad SMARTS) is 1. The van der Waals surface area contributed by atoms with E-state index in [1.165, 1.54) is 24.3 Å². The van der Waals surface area contributed by atoms with Gasteiger partial charge in [0.05, 0.1) is 12.1 Å². The summed E-state index contributed by atoms with van der Waals surface area (Å²) in [5, 5.41) is 20.3. The number of rotatable bonds is 4. The number of carbonyl (C=O) groups is 2. The summed E-state index contributed by atoms with van der Waals surface area (Å²) in [6.45, 7) is -0.733. The number of benzene rings is 1. The summed E-state index contributed by atoms with van der Waals surface area (Å²) in [6, 6.07) is 5.53. The number of aromatic nitrogens is 1. The van der Waals surface area contributed by atoms with Gasteiger partial charge >= 0.3 is 5.97 Å². The van der Waals surface area contributed by atoms with Gasteiger partial charge in [-0.1, -0.05) is 6.07 Å². The number of pyridine rings is 1. The molecule has 1 aromatic carbocycles. The van der Waals surface area contributed by atoms with Crippen LogP contribution in [0.25, 0.3) is 10.9 Å². The lowest BCUT2D eigenvalue weighted by molar-refractivity contribution is -0.140. The molecule has 0 aliphatic carbocycles. The Balaban J connectivity index is 2.28. The Hall–Kier alpha value is -2.54. The lowest BCUT2D eigenvalue weighted by atomic mass is 10.2. The van der Waals surface area contributed by atoms with Crippen molar-refractivity contribution in [2.24, 2.45) is 0 Å². The summed E-state index contributed by atoms with van der Waals surface area (Å²) < 4.78 is 13.1. The monoisotopic (exact) mass is 278 g/mol. The van der Waals surface area contributed by atoms with Gasteiger partial charge in [0.25, 0.3) is 5.91 Å². The van der Waals surface area contributed by atoms with E-state index in [0.29, 0.717) is 5.39 Å². The van der Waals surface area contributed by atoms with Crippen LogP contribution in [0.5, 0.6) is 0 Å². The van der Waals surface area contributed by atoms with Gasteiger partial charge < -0.3 is 15.5 Å². The van der Waals surface area contributed by atoms with Crippen LogP contribution in [0.2, 0.25) is 0 Å². The molecule has 1 amide bonds. The lowest BCUT2D eigenvalue weighted by Crippen LogP contribution is -2.43. The van der Waals surface area contributed by atoms with E-state index in [-0.39, 0.29) is 11.2 Å². The average molecular weight is 278 g/mol. The summed E-state index contributed by atoms with van der Waals surface area (Å²) >= 11 is 0. The average Bonchev–Trinajstić information content (AvgIpc) is 2.43. The zero-order chi connectivity index (χ0) is 14.7. The molecule has 0 spiro atoms. The summed E-state index contributed by atoms with van der Waals surface area (Å²) in [6.07, 6.45) is 0. The number of hydrogen-bond acceptors (Lipinski definition) is 4. The van der Waals surface area contributed by atoms with E-state index < -0.39 is 30.3 Å². The van der Waals surface area contributed by atoms with E-state index in [0.717, 1.165) is 0 Å². The number of carboxylic acids is 1. The van der Waals surface area contributed by atoms with Crippen LogP contribution in [0, 0.1) is 5.82 Å². The largest absolute Gasteiger partial charge is 0.480 e. The zero-order valence-corrected chi connectivity index (χ0v) is 10.2. The van der Waals surface area contributed by atoms with Crippen molar-refractivity contribution in [1.82, 2.24) is 10.3 Å². The number of aliphatic hydroxyl groups excluding tert-OH is 1. The number of aliphatic hydroxyl groups is 1. The number of amides is 1. The van der Waals surface area contributed by atoms with E-state index in [1.54, 1.807) is 6.07 Å². The van der Waals surface area contributed by atoms with Gasteiger partial charge in [-0.15, -0.1) is 0 Å². The van der Waals surface area contributed by atoms with Gasteiger partial charge in [-0.2, -0.15) is 0 Å². The Morgan fingerprint density at radius 1 is 1.30 bits per heavy atom. The Morgan fingerprint density at radius 2 is 2.00 bits per heavy atom. The highest BCUT2D eigenvalue weighted by Crippen LogP contribution is 2.14. The number of aliphatic carboxylic acids is 1. The van der Waals surface area contributed by atoms with Crippen molar-refractivity contribution in [2.45, 2.75) is 6.04 Å². The first-order chi connectivity index (χ1) is 9.51. The molecular weight excluding hydrogens is 267 g/mol. The summed E-state index contributed by atoms with van der Waals surface area (Å²) in [5.41, 5.74) is 0.233. The molecule has 20 heavy (non-hydrogen) atoms. The van der Waals surface area contributed by atoms with Crippen molar-refractivity contribution < 1.29 is 24.2 Å². The second kappa shape index (κ2) is 5.62. The van der Waals surface area contributed by atoms with Gasteiger partial charge in [-0.25, -0.2) is 14.2 Å². The van der Waals surface area contributed by atoms with Crippen LogP contribution in [0.1, 0.15) is 10.5 Å². The third kappa shape index (κ3) is 2.89. The minimum atomic E-state index is -1.41. The second-order valence-electron chi connectivity index (χ2n) is 4.08. The van der Waals surface area contributed by atoms with Gasteiger partial charge in [0.15, 0.2) is 6.04 Å². The van der Waals surface area contributed by atoms with Crippen molar-refractivity contribution in [3.63, 3.8) is 0 Å². The molecule has 1 heterocycles. The van der Waals surface area contributed by atoms with Gasteiger partial charge in [0, 0.05) is 11.5 Å². The molecule has 1 unspecified atom stereocenters. The van der Waals surface area contributed by atoms with Crippen LogP contribution in [0.3, 0.4) is 0 Å².